The van der Waals surface area contributed by atoms with Gasteiger partial charge in [-0.1, -0.05) is 30.3 Å². The van der Waals surface area contributed by atoms with E-state index in [0.29, 0.717) is 0 Å². The molecule has 1 atom stereocenters. The van der Waals surface area contributed by atoms with E-state index in [1.807, 2.05) is 7.05 Å². The number of aryl methyl sites for hydroxylation is 2. The molecular weight excluding hydrogens is 278 g/mol. The highest BCUT2D eigenvalue weighted by molar-refractivity contribution is 7.98. The Bertz CT molecular complexity index is 601. The van der Waals surface area contributed by atoms with Crippen LogP contribution >= 0.6 is 11.8 Å². The number of benzene rings is 2. The fourth-order valence-corrected chi connectivity index (χ4v) is 3.52. The maximum Gasteiger partial charge on any atom is 0.124 e. The Morgan fingerprint density at radius 2 is 1.71 bits per heavy atom. The smallest absolute Gasteiger partial charge is 0.124 e. The van der Waals surface area contributed by atoms with Gasteiger partial charge in [-0.25, -0.2) is 0 Å². The third-order valence-corrected chi connectivity index (χ3v) is 4.57. The van der Waals surface area contributed by atoms with Crippen LogP contribution in [0.25, 0.3) is 0 Å². The van der Waals surface area contributed by atoms with E-state index in [1.165, 1.54) is 27.1 Å². The highest BCUT2D eigenvalue weighted by Gasteiger charge is 2.17. The van der Waals surface area contributed by atoms with Gasteiger partial charge in [0.25, 0.3) is 0 Å². The van der Waals surface area contributed by atoms with Crippen LogP contribution in [0, 0.1) is 13.8 Å². The van der Waals surface area contributed by atoms with Gasteiger partial charge in [0, 0.05) is 4.90 Å². The molecule has 0 aliphatic rings. The van der Waals surface area contributed by atoms with Gasteiger partial charge < -0.3 is 10.1 Å². The molecule has 0 aliphatic heterocycles. The lowest BCUT2D eigenvalue weighted by molar-refractivity contribution is 0.408. The molecule has 0 aromatic heterocycles. The molecule has 0 amide bonds. The van der Waals surface area contributed by atoms with E-state index in [0.717, 1.165) is 5.75 Å². The Labute approximate surface area is 131 Å². The molecule has 112 valence electrons. The summed E-state index contributed by atoms with van der Waals surface area (Å²) in [5, 5.41) is 3.45. The van der Waals surface area contributed by atoms with Gasteiger partial charge in [-0.15, -0.1) is 11.8 Å². The second kappa shape index (κ2) is 7.01. The van der Waals surface area contributed by atoms with Gasteiger partial charge in [-0.2, -0.15) is 0 Å². The van der Waals surface area contributed by atoms with Crippen LogP contribution in [-0.2, 0) is 0 Å². The molecule has 0 saturated heterocycles. The van der Waals surface area contributed by atoms with Crippen molar-refractivity contribution in [3.63, 3.8) is 0 Å². The fraction of sp³-hybridized carbons (Fsp3) is 0.333. The molecule has 2 nitrogen and oxygen atoms in total. The first-order valence-corrected chi connectivity index (χ1v) is 8.30. The zero-order valence-corrected chi connectivity index (χ0v) is 14.2. The van der Waals surface area contributed by atoms with E-state index in [2.05, 4.69) is 61.8 Å². The Balaban J connectivity index is 2.52. The van der Waals surface area contributed by atoms with Crippen molar-refractivity contribution in [3.8, 4) is 5.75 Å². The summed E-state index contributed by atoms with van der Waals surface area (Å²) in [5.41, 5.74) is 4.94. The lowest BCUT2D eigenvalue weighted by atomic mass is 9.95. The normalized spacial score (nSPS) is 12.2. The first kappa shape index (κ1) is 15.9. The van der Waals surface area contributed by atoms with Crippen molar-refractivity contribution in [1.82, 2.24) is 5.32 Å². The van der Waals surface area contributed by atoms with Crippen molar-refractivity contribution in [3.05, 3.63) is 58.7 Å². The molecule has 3 heteroatoms. The van der Waals surface area contributed by atoms with E-state index in [4.69, 9.17) is 4.74 Å². The van der Waals surface area contributed by atoms with Crippen LogP contribution in [0.15, 0.2) is 41.3 Å². The number of methoxy groups -OCH3 is 1. The molecule has 1 unspecified atom stereocenters. The zero-order chi connectivity index (χ0) is 15.4. The van der Waals surface area contributed by atoms with Crippen LogP contribution in [0.4, 0.5) is 0 Å². The predicted octanol–water partition coefficient (Wildman–Crippen LogP) is 4.34. The SMILES string of the molecule is CNC(c1cc(C)c(OC)c(C)c1)c1ccccc1SC. The standard InChI is InChI=1S/C18H23NOS/c1-12-10-14(11-13(2)18(12)20-4)17(19-3)15-8-6-7-9-16(15)21-5/h6-11,17,19H,1-5H3. The fourth-order valence-electron chi connectivity index (χ4n) is 2.88. The summed E-state index contributed by atoms with van der Waals surface area (Å²) in [5.74, 6) is 0.978. The number of hydrogen-bond donors (Lipinski definition) is 1. The van der Waals surface area contributed by atoms with E-state index in [1.54, 1.807) is 18.9 Å². The van der Waals surface area contributed by atoms with E-state index < -0.39 is 0 Å². The monoisotopic (exact) mass is 301 g/mol. The van der Waals surface area contributed by atoms with Gasteiger partial charge in [0.2, 0.25) is 0 Å². The quantitative estimate of drug-likeness (QED) is 0.830. The number of ether oxygens (including phenoxy) is 1. The third-order valence-electron chi connectivity index (χ3n) is 3.76. The molecule has 0 heterocycles. The molecule has 0 radical (unpaired) electrons. The summed E-state index contributed by atoms with van der Waals surface area (Å²) < 4.78 is 5.47. The Hall–Kier alpha value is -1.45. The molecule has 0 saturated carbocycles. The van der Waals surface area contributed by atoms with E-state index in [-0.39, 0.29) is 6.04 Å². The van der Waals surface area contributed by atoms with Crippen LogP contribution in [0.5, 0.6) is 5.75 Å². The van der Waals surface area contributed by atoms with Crippen molar-refractivity contribution in [1.29, 1.82) is 0 Å². The van der Waals surface area contributed by atoms with Crippen molar-refractivity contribution >= 4 is 11.8 Å². The number of nitrogens with one attached hydrogen (secondary N) is 1. The van der Waals surface area contributed by atoms with Crippen LogP contribution in [0.2, 0.25) is 0 Å². The second-order valence-electron chi connectivity index (χ2n) is 5.15. The van der Waals surface area contributed by atoms with Crippen molar-refractivity contribution in [2.45, 2.75) is 24.8 Å². The van der Waals surface area contributed by atoms with Crippen molar-refractivity contribution in [2.75, 3.05) is 20.4 Å². The molecule has 0 aliphatic carbocycles. The second-order valence-corrected chi connectivity index (χ2v) is 6.00. The molecule has 2 rings (SSSR count). The van der Waals surface area contributed by atoms with Crippen molar-refractivity contribution in [2.24, 2.45) is 0 Å². The number of hydrogen-bond acceptors (Lipinski definition) is 3. The predicted molar refractivity (Wildman–Crippen MR) is 91.6 cm³/mol. The summed E-state index contributed by atoms with van der Waals surface area (Å²) in [6.07, 6.45) is 2.12. The van der Waals surface area contributed by atoms with Gasteiger partial charge >= 0.3 is 0 Å². The van der Waals surface area contributed by atoms with Gasteiger partial charge in [-0.3, -0.25) is 0 Å². The Kier molecular flexibility index (Phi) is 5.32. The minimum Gasteiger partial charge on any atom is -0.496 e. The minimum absolute atomic E-state index is 0.192. The van der Waals surface area contributed by atoms with Gasteiger partial charge in [0.1, 0.15) is 5.75 Å². The highest BCUT2D eigenvalue weighted by atomic mass is 32.2. The third kappa shape index (κ3) is 3.25. The van der Waals surface area contributed by atoms with Crippen molar-refractivity contribution < 1.29 is 4.74 Å². The molecule has 0 fully saturated rings. The first-order chi connectivity index (χ1) is 10.1. The first-order valence-electron chi connectivity index (χ1n) is 7.07. The van der Waals surface area contributed by atoms with Gasteiger partial charge in [0.05, 0.1) is 13.2 Å². The molecule has 21 heavy (non-hydrogen) atoms. The largest absolute Gasteiger partial charge is 0.496 e. The number of rotatable bonds is 5. The summed E-state index contributed by atoms with van der Waals surface area (Å²) in [7, 11) is 3.74. The Morgan fingerprint density at radius 3 is 2.24 bits per heavy atom. The summed E-state index contributed by atoms with van der Waals surface area (Å²) in [6.45, 7) is 4.20. The lowest BCUT2D eigenvalue weighted by Crippen LogP contribution is -2.18. The minimum atomic E-state index is 0.192. The average Bonchev–Trinajstić information content (AvgIpc) is 2.48. The van der Waals surface area contributed by atoms with Gasteiger partial charge in [0.15, 0.2) is 0 Å². The van der Waals surface area contributed by atoms with Crippen LogP contribution < -0.4 is 10.1 Å². The molecular formula is C18H23NOS. The zero-order valence-electron chi connectivity index (χ0n) is 13.4. The van der Waals surface area contributed by atoms with E-state index in [9.17, 15) is 0 Å². The average molecular weight is 301 g/mol. The molecule has 0 spiro atoms. The lowest BCUT2D eigenvalue weighted by Gasteiger charge is -2.22. The molecule has 2 aromatic carbocycles. The van der Waals surface area contributed by atoms with Crippen LogP contribution in [0.3, 0.4) is 0 Å². The maximum absolute atomic E-state index is 5.47. The highest BCUT2D eigenvalue weighted by Crippen LogP contribution is 2.33. The van der Waals surface area contributed by atoms with E-state index >= 15 is 0 Å². The summed E-state index contributed by atoms with van der Waals surface area (Å²) >= 11 is 1.79. The molecule has 1 N–H and O–H groups in total. The van der Waals surface area contributed by atoms with Crippen LogP contribution in [-0.4, -0.2) is 20.4 Å². The Morgan fingerprint density at radius 1 is 1.10 bits per heavy atom. The molecule has 0 bridgehead atoms. The molecule has 2 aromatic rings. The number of thioether (sulfide) groups is 1. The summed E-state index contributed by atoms with van der Waals surface area (Å²) in [6, 6.07) is 13.2. The summed E-state index contributed by atoms with van der Waals surface area (Å²) in [4.78, 5) is 1.31. The topological polar surface area (TPSA) is 21.3 Å². The van der Waals surface area contributed by atoms with Crippen LogP contribution in [0.1, 0.15) is 28.3 Å². The maximum atomic E-state index is 5.47. The van der Waals surface area contributed by atoms with Gasteiger partial charge in [-0.05, 0) is 55.5 Å².